The first-order chi connectivity index (χ1) is 12.1. The van der Waals surface area contributed by atoms with Gasteiger partial charge in [0.15, 0.2) is 11.6 Å². The summed E-state index contributed by atoms with van der Waals surface area (Å²) in [6.45, 7) is 0.597. The minimum Gasteiger partial charge on any atom is -0.490 e. The lowest BCUT2D eigenvalue weighted by atomic mass is 10.3. The number of rotatable bonds is 6. The molecule has 25 heavy (non-hydrogen) atoms. The third-order valence-electron chi connectivity index (χ3n) is 3.44. The summed E-state index contributed by atoms with van der Waals surface area (Å²) in [4.78, 5) is 12.1. The summed E-state index contributed by atoms with van der Waals surface area (Å²) in [6.07, 6.45) is 1.45. The van der Waals surface area contributed by atoms with E-state index in [9.17, 15) is 13.6 Å². The molecule has 0 saturated heterocycles. The van der Waals surface area contributed by atoms with Crippen molar-refractivity contribution in [3.8, 4) is 17.2 Å². The Morgan fingerprint density at radius 3 is 2.20 bits per heavy atom. The van der Waals surface area contributed by atoms with Crippen LogP contribution in [0.25, 0.3) is 5.69 Å². The smallest absolute Gasteiger partial charge is 0.258 e. The maximum atomic E-state index is 13.3. The number of para-hydroxylation sites is 1. The summed E-state index contributed by atoms with van der Waals surface area (Å²) in [7, 11) is 0. The van der Waals surface area contributed by atoms with Crippen molar-refractivity contribution in [2.45, 2.75) is 0 Å². The highest BCUT2D eigenvalue weighted by atomic mass is 19.2. The minimum absolute atomic E-state index is 0.239. The van der Waals surface area contributed by atoms with Gasteiger partial charge in [0.2, 0.25) is 0 Å². The zero-order chi connectivity index (χ0) is 17.6. The van der Waals surface area contributed by atoms with E-state index >= 15 is 0 Å². The van der Waals surface area contributed by atoms with E-state index < -0.39 is 17.2 Å². The zero-order valence-corrected chi connectivity index (χ0v) is 13.2. The molecular formula is C19H15F2NO3. The maximum Gasteiger partial charge on any atom is 0.258 e. The van der Waals surface area contributed by atoms with Crippen LogP contribution in [0.15, 0.2) is 71.7 Å². The van der Waals surface area contributed by atoms with Crippen molar-refractivity contribution in [3.63, 3.8) is 0 Å². The van der Waals surface area contributed by atoms with Crippen molar-refractivity contribution in [3.05, 3.63) is 88.8 Å². The molecule has 3 rings (SSSR count). The molecule has 128 valence electrons. The quantitative estimate of drug-likeness (QED) is 0.643. The van der Waals surface area contributed by atoms with Gasteiger partial charge in [0, 0.05) is 18.3 Å². The van der Waals surface area contributed by atoms with Crippen molar-refractivity contribution in [1.29, 1.82) is 0 Å². The molecule has 0 radical (unpaired) electrons. The standard InChI is InChI=1S/C19H15F2NO3/c20-17-7-6-14(12-18(17)21)22-9-8-16(13-19(22)23)25-11-10-24-15-4-2-1-3-5-15/h1-9,12-13H,10-11H2. The lowest BCUT2D eigenvalue weighted by Gasteiger charge is -2.10. The number of pyridine rings is 1. The van der Waals surface area contributed by atoms with Crippen molar-refractivity contribution in [2.75, 3.05) is 13.2 Å². The molecule has 6 heteroatoms. The van der Waals surface area contributed by atoms with E-state index in [0.29, 0.717) is 12.4 Å². The summed E-state index contributed by atoms with van der Waals surface area (Å²) in [5.41, 5.74) is -0.171. The maximum absolute atomic E-state index is 13.3. The molecule has 0 unspecified atom stereocenters. The van der Waals surface area contributed by atoms with Gasteiger partial charge in [-0.15, -0.1) is 0 Å². The summed E-state index contributed by atoms with van der Waals surface area (Å²) in [5.74, 6) is -0.863. The first-order valence-corrected chi connectivity index (χ1v) is 7.62. The monoisotopic (exact) mass is 343 g/mol. The Labute approximate surface area is 142 Å². The predicted molar refractivity (Wildman–Crippen MR) is 89.4 cm³/mol. The van der Waals surface area contributed by atoms with Gasteiger partial charge < -0.3 is 9.47 Å². The first-order valence-electron chi connectivity index (χ1n) is 7.62. The Hall–Kier alpha value is -3.15. The van der Waals surface area contributed by atoms with Gasteiger partial charge in [0.05, 0.1) is 5.69 Å². The van der Waals surface area contributed by atoms with Crippen LogP contribution in [0.1, 0.15) is 0 Å². The van der Waals surface area contributed by atoms with Crippen LogP contribution in [0.5, 0.6) is 11.5 Å². The average Bonchev–Trinajstić information content (AvgIpc) is 2.62. The van der Waals surface area contributed by atoms with E-state index in [1.54, 1.807) is 6.07 Å². The molecule has 4 nitrogen and oxygen atoms in total. The van der Waals surface area contributed by atoms with Gasteiger partial charge in [-0.05, 0) is 30.3 Å². The van der Waals surface area contributed by atoms with Gasteiger partial charge >= 0.3 is 0 Å². The van der Waals surface area contributed by atoms with E-state index in [2.05, 4.69) is 0 Å². The molecule has 2 aromatic carbocycles. The van der Waals surface area contributed by atoms with Gasteiger partial charge in [-0.2, -0.15) is 0 Å². The van der Waals surface area contributed by atoms with E-state index in [-0.39, 0.29) is 12.3 Å². The number of halogens is 2. The molecular weight excluding hydrogens is 328 g/mol. The van der Waals surface area contributed by atoms with Gasteiger partial charge in [-0.25, -0.2) is 8.78 Å². The number of hydrogen-bond donors (Lipinski definition) is 0. The van der Waals surface area contributed by atoms with Crippen molar-refractivity contribution in [1.82, 2.24) is 4.57 Å². The molecule has 0 atom stereocenters. The molecule has 0 saturated carbocycles. The Balaban J connectivity index is 1.62. The highest BCUT2D eigenvalue weighted by molar-refractivity contribution is 5.34. The van der Waals surface area contributed by atoms with Crippen LogP contribution < -0.4 is 15.0 Å². The number of aromatic nitrogens is 1. The number of ether oxygens (including phenoxy) is 2. The lowest BCUT2D eigenvalue weighted by Crippen LogP contribution is -2.18. The molecule has 0 N–H and O–H groups in total. The highest BCUT2D eigenvalue weighted by Crippen LogP contribution is 2.14. The van der Waals surface area contributed by atoms with E-state index in [1.165, 1.54) is 22.9 Å². The van der Waals surface area contributed by atoms with Crippen molar-refractivity contribution in [2.24, 2.45) is 0 Å². The molecule has 0 bridgehead atoms. The molecule has 0 amide bonds. The summed E-state index contributed by atoms with van der Waals surface area (Å²) < 4.78 is 38.4. The molecule has 0 aliphatic heterocycles. The Kier molecular flexibility index (Phi) is 5.09. The minimum atomic E-state index is -1.01. The van der Waals surface area contributed by atoms with Gasteiger partial charge in [0.25, 0.3) is 5.56 Å². The topological polar surface area (TPSA) is 40.5 Å². The summed E-state index contributed by atoms with van der Waals surface area (Å²) in [5, 5.41) is 0. The Morgan fingerprint density at radius 1 is 0.800 bits per heavy atom. The van der Waals surface area contributed by atoms with Crippen LogP contribution in [0.4, 0.5) is 8.78 Å². The molecule has 1 heterocycles. The normalized spacial score (nSPS) is 10.5. The highest BCUT2D eigenvalue weighted by Gasteiger charge is 2.06. The van der Waals surface area contributed by atoms with Crippen LogP contribution in [-0.4, -0.2) is 17.8 Å². The molecule has 1 aromatic heterocycles. The fraction of sp³-hybridized carbons (Fsp3) is 0.105. The van der Waals surface area contributed by atoms with Crippen LogP contribution in [0, 0.1) is 11.6 Å². The van der Waals surface area contributed by atoms with E-state index in [4.69, 9.17) is 9.47 Å². The van der Waals surface area contributed by atoms with Crippen molar-refractivity contribution >= 4 is 0 Å². The molecule has 0 aliphatic carbocycles. The average molecular weight is 343 g/mol. The SMILES string of the molecule is O=c1cc(OCCOc2ccccc2)ccn1-c1ccc(F)c(F)c1. The second-order valence-electron chi connectivity index (χ2n) is 5.18. The van der Waals surface area contributed by atoms with Crippen LogP contribution in [0.3, 0.4) is 0 Å². The zero-order valence-electron chi connectivity index (χ0n) is 13.2. The van der Waals surface area contributed by atoms with Crippen LogP contribution >= 0.6 is 0 Å². The third kappa shape index (κ3) is 4.23. The summed E-state index contributed by atoms with van der Waals surface area (Å²) in [6, 6.07) is 15.4. The fourth-order valence-corrected chi connectivity index (χ4v) is 2.23. The molecule has 3 aromatic rings. The molecule has 0 aliphatic rings. The number of nitrogens with zero attached hydrogens (tertiary/aromatic N) is 1. The van der Waals surface area contributed by atoms with E-state index in [0.717, 1.165) is 17.9 Å². The van der Waals surface area contributed by atoms with E-state index in [1.807, 2.05) is 30.3 Å². The predicted octanol–water partition coefficient (Wildman–Crippen LogP) is 3.57. The second kappa shape index (κ2) is 7.61. The largest absolute Gasteiger partial charge is 0.490 e. The van der Waals surface area contributed by atoms with Gasteiger partial charge in [-0.3, -0.25) is 9.36 Å². The second-order valence-corrected chi connectivity index (χ2v) is 5.18. The van der Waals surface area contributed by atoms with Crippen LogP contribution in [-0.2, 0) is 0 Å². The molecule has 0 fully saturated rings. The Morgan fingerprint density at radius 2 is 1.52 bits per heavy atom. The van der Waals surface area contributed by atoms with Gasteiger partial charge in [0.1, 0.15) is 24.7 Å². The number of benzene rings is 2. The van der Waals surface area contributed by atoms with Crippen molar-refractivity contribution < 1.29 is 18.3 Å². The van der Waals surface area contributed by atoms with Gasteiger partial charge in [-0.1, -0.05) is 18.2 Å². The number of hydrogen-bond acceptors (Lipinski definition) is 3. The Bertz CT molecular complexity index is 910. The fourth-order valence-electron chi connectivity index (χ4n) is 2.23. The van der Waals surface area contributed by atoms with Crippen LogP contribution in [0.2, 0.25) is 0 Å². The first kappa shape index (κ1) is 16.7. The third-order valence-corrected chi connectivity index (χ3v) is 3.44. The lowest BCUT2D eigenvalue weighted by molar-refractivity contribution is 0.217. The summed E-state index contributed by atoms with van der Waals surface area (Å²) >= 11 is 0. The molecule has 0 spiro atoms.